The molecule has 2 fully saturated rings. The number of nitrogens with one attached hydrogen (secondary N) is 1. The van der Waals surface area contributed by atoms with Crippen molar-refractivity contribution in [1.29, 1.82) is 0 Å². The van der Waals surface area contributed by atoms with Gasteiger partial charge < -0.3 is 14.5 Å². The molecule has 1 aromatic heterocycles. The summed E-state index contributed by atoms with van der Waals surface area (Å²) < 4.78 is 5.92. The summed E-state index contributed by atoms with van der Waals surface area (Å²) in [5.74, 6) is 3.52. The summed E-state index contributed by atoms with van der Waals surface area (Å²) >= 11 is 0. The second-order valence-corrected chi connectivity index (χ2v) is 8.71. The summed E-state index contributed by atoms with van der Waals surface area (Å²) in [6.45, 7) is 3.95. The van der Waals surface area contributed by atoms with Crippen LogP contribution in [0.25, 0.3) is 0 Å². The number of para-hydroxylation sites is 1. The van der Waals surface area contributed by atoms with Crippen molar-refractivity contribution in [2.75, 3.05) is 41.4 Å². The van der Waals surface area contributed by atoms with Gasteiger partial charge in [-0.1, -0.05) is 30.3 Å². The van der Waals surface area contributed by atoms with Crippen molar-refractivity contribution >= 4 is 24.1 Å². The SMILES string of the molecule is C(=N/Nc1nc(N2CCCCC2)nc(N2CCCCC2)n1)/c1cccc(Oc2ccccc2)c1. The molecule has 0 saturated carbocycles. The summed E-state index contributed by atoms with van der Waals surface area (Å²) in [7, 11) is 0. The van der Waals surface area contributed by atoms with E-state index in [1.54, 1.807) is 6.21 Å². The molecule has 1 N–H and O–H groups in total. The average Bonchev–Trinajstić information content (AvgIpc) is 2.90. The van der Waals surface area contributed by atoms with Crippen LogP contribution in [-0.4, -0.2) is 47.3 Å². The number of hydrogen-bond acceptors (Lipinski definition) is 8. The first-order valence-corrected chi connectivity index (χ1v) is 12.2. The Bertz CT molecular complexity index is 1060. The molecule has 0 radical (unpaired) electrons. The van der Waals surface area contributed by atoms with Crippen LogP contribution in [0.1, 0.15) is 44.1 Å². The van der Waals surface area contributed by atoms with Crippen LogP contribution in [0.15, 0.2) is 59.7 Å². The summed E-state index contributed by atoms with van der Waals surface area (Å²) in [5, 5.41) is 4.41. The minimum absolute atomic E-state index is 0.476. The van der Waals surface area contributed by atoms with Crippen molar-refractivity contribution in [3.63, 3.8) is 0 Å². The zero-order valence-corrected chi connectivity index (χ0v) is 19.4. The van der Waals surface area contributed by atoms with Gasteiger partial charge in [-0.25, -0.2) is 5.43 Å². The second-order valence-electron chi connectivity index (χ2n) is 8.71. The lowest BCUT2D eigenvalue weighted by Gasteiger charge is -2.30. The molecule has 5 rings (SSSR count). The van der Waals surface area contributed by atoms with Gasteiger partial charge in [0.15, 0.2) is 0 Å². The molecule has 34 heavy (non-hydrogen) atoms. The molecule has 2 aliphatic heterocycles. The van der Waals surface area contributed by atoms with Crippen molar-refractivity contribution in [3.8, 4) is 11.5 Å². The van der Waals surface area contributed by atoms with Gasteiger partial charge in [0.05, 0.1) is 6.21 Å². The molecule has 2 saturated heterocycles. The van der Waals surface area contributed by atoms with Gasteiger partial charge in [0.2, 0.25) is 17.8 Å². The zero-order chi connectivity index (χ0) is 23.0. The van der Waals surface area contributed by atoms with Crippen LogP contribution in [0.5, 0.6) is 11.5 Å². The van der Waals surface area contributed by atoms with E-state index < -0.39 is 0 Å². The maximum Gasteiger partial charge on any atom is 0.250 e. The quantitative estimate of drug-likeness (QED) is 0.391. The first-order chi connectivity index (χ1) is 16.8. The summed E-state index contributed by atoms with van der Waals surface area (Å²) in [4.78, 5) is 18.7. The van der Waals surface area contributed by atoms with E-state index in [0.29, 0.717) is 5.95 Å². The second kappa shape index (κ2) is 11.0. The van der Waals surface area contributed by atoms with E-state index in [4.69, 9.17) is 9.72 Å². The Kier molecular flexibility index (Phi) is 7.13. The highest BCUT2D eigenvalue weighted by Crippen LogP contribution is 2.23. The molecule has 0 unspecified atom stereocenters. The third kappa shape index (κ3) is 5.81. The number of rotatable bonds is 7. The molecule has 0 atom stereocenters. The van der Waals surface area contributed by atoms with Gasteiger partial charge in [-0.05, 0) is 68.4 Å². The minimum atomic E-state index is 0.476. The van der Waals surface area contributed by atoms with Crippen LogP contribution in [0.2, 0.25) is 0 Å². The number of hydrogen-bond donors (Lipinski definition) is 1. The van der Waals surface area contributed by atoms with E-state index in [9.17, 15) is 0 Å². The highest BCUT2D eigenvalue weighted by atomic mass is 16.5. The lowest BCUT2D eigenvalue weighted by molar-refractivity contribution is 0.482. The van der Waals surface area contributed by atoms with E-state index >= 15 is 0 Å². The van der Waals surface area contributed by atoms with Crippen LogP contribution >= 0.6 is 0 Å². The van der Waals surface area contributed by atoms with Crippen molar-refractivity contribution in [2.24, 2.45) is 5.10 Å². The Morgan fingerprint density at radius 3 is 1.97 bits per heavy atom. The van der Waals surface area contributed by atoms with Crippen LogP contribution in [0.3, 0.4) is 0 Å². The first-order valence-electron chi connectivity index (χ1n) is 12.2. The highest BCUT2D eigenvalue weighted by molar-refractivity contribution is 5.80. The topological polar surface area (TPSA) is 78.8 Å². The smallest absolute Gasteiger partial charge is 0.250 e. The molecule has 176 valence electrons. The fraction of sp³-hybridized carbons (Fsp3) is 0.385. The fourth-order valence-corrected chi connectivity index (χ4v) is 4.32. The molecule has 8 nitrogen and oxygen atoms in total. The summed E-state index contributed by atoms with van der Waals surface area (Å²) in [6.07, 6.45) is 8.98. The number of aromatic nitrogens is 3. The largest absolute Gasteiger partial charge is 0.457 e. The number of anilines is 3. The van der Waals surface area contributed by atoms with Gasteiger partial charge in [-0.15, -0.1) is 0 Å². The van der Waals surface area contributed by atoms with Gasteiger partial charge >= 0.3 is 0 Å². The van der Waals surface area contributed by atoms with Crippen molar-refractivity contribution in [2.45, 2.75) is 38.5 Å². The minimum Gasteiger partial charge on any atom is -0.457 e. The lowest BCUT2D eigenvalue weighted by Crippen LogP contribution is -2.34. The molecule has 0 bridgehead atoms. The maximum absolute atomic E-state index is 5.92. The number of benzene rings is 2. The van der Waals surface area contributed by atoms with Crippen LogP contribution in [0.4, 0.5) is 17.8 Å². The third-order valence-electron chi connectivity index (χ3n) is 6.10. The van der Waals surface area contributed by atoms with Gasteiger partial charge in [-0.3, -0.25) is 0 Å². The van der Waals surface area contributed by atoms with Crippen molar-refractivity contribution in [1.82, 2.24) is 15.0 Å². The summed E-state index contributed by atoms with van der Waals surface area (Å²) in [5.41, 5.74) is 3.95. The molecule has 2 aliphatic rings. The van der Waals surface area contributed by atoms with Crippen LogP contribution in [-0.2, 0) is 0 Å². The van der Waals surface area contributed by atoms with E-state index in [2.05, 4.69) is 30.3 Å². The number of piperidine rings is 2. The molecule has 3 heterocycles. The number of hydrazone groups is 1. The molecule has 2 aromatic carbocycles. The average molecular weight is 458 g/mol. The Labute approximate surface area is 200 Å². The molecule has 0 aliphatic carbocycles. The first kappa shape index (κ1) is 22.1. The molecule has 0 amide bonds. The fourth-order valence-electron chi connectivity index (χ4n) is 4.32. The van der Waals surface area contributed by atoms with E-state index in [1.165, 1.54) is 38.5 Å². The lowest BCUT2D eigenvalue weighted by atomic mass is 10.1. The summed E-state index contributed by atoms with van der Waals surface area (Å²) in [6, 6.07) is 17.6. The number of nitrogens with zero attached hydrogens (tertiary/aromatic N) is 6. The molecule has 3 aromatic rings. The predicted molar refractivity (Wildman–Crippen MR) is 136 cm³/mol. The Hall–Kier alpha value is -3.68. The van der Waals surface area contributed by atoms with Gasteiger partial charge in [0.1, 0.15) is 11.5 Å². The molecule has 0 spiro atoms. The Morgan fingerprint density at radius 1 is 0.706 bits per heavy atom. The molecular weight excluding hydrogens is 426 g/mol. The monoisotopic (exact) mass is 457 g/mol. The van der Waals surface area contributed by atoms with E-state index in [1.807, 2.05) is 54.6 Å². The number of ether oxygens (including phenoxy) is 1. The third-order valence-corrected chi connectivity index (χ3v) is 6.10. The zero-order valence-electron chi connectivity index (χ0n) is 19.4. The van der Waals surface area contributed by atoms with Gasteiger partial charge in [-0.2, -0.15) is 20.1 Å². The Balaban J connectivity index is 1.31. The van der Waals surface area contributed by atoms with Crippen molar-refractivity contribution in [3.05, 3.63) is 60.2 Å². The molecule has 8 heteroatoms. The predicted octanol–water partition coefficient (Wildman–Crippen LogP) is 5.09. The maximum atomic E-state index is 5.92. The van der Waals surface area contributed by atoms with Gasteiger partial charge in [0.25, 0.3) is 0 Å². The van der Waals surface area contributed by atoms with Gasteiger partial charge in [0, 0.05) is 26.2 Å². The van der Waals surface area contributed by atoms with Crippen LogP contribution in [0, 0.1) is 0 Å². The Morgan fingerprint density at radius 2 is 1.32 bits per heavy atom. The van der Waals surface area contributed by atoms with E-state index in [0.717, 1.165) is 55.1 Å². The standard InChI is InChI=1S/C26H31N7O/c1-4-12-22(13-5-1)34-23-14-10-11-21(19-23)20-27-31-24-28-25(32-15-6-2-7-16-32)30-26(29-24)33-17-8-3-9-18-33/h1,4-5,10-14,19-20H,2-3,6-9,15-18H2,(H,28,29,30,31)/b27-20-. The normalized spacial score (nSPS) is 16.6. The van der Waals surface area contributed by atoms with Crippen molar-refractivity contribution < 1.29 is 4.74 Å². The molecular formula is C26H31N7O. The van der Waals surface area contributed by atoms with Crippen LogP contribution < -0.4 is 20.0 Å². The van der Waals surface area contributed by atoms with E-state index in [-0.39, 0.29) is 0 Å². The highest BCUT2D eigenvalue weighted by Gasteiger charge is 2.20.